The lowest BCUT2D eigenvalue weighted by Crippen LogP contribution is -2.06. The SMILES string of the molecule is O=[N+]([O-])c1cc(C(F)(F)F)ccc1N/N=C/C=C/c1ccccc1. The highest BCUT2D eigenvalue weighted by molar-refractivity contribution is 5.79. The van der Waals surface area contributed by atoms with E-state index in [1.165, 1.54) is 6.21 Å². The third kappa shape index (κ3) is 4.67. The van der Waals surface area contributed by atoms with Crippen molar-refractivity contribution in [3.05, 3.63) is 75.8 Å². The molecule has 0 heterocycles. The lowest BCUT2D eigenvalue weighted by molar-refractivity contribution is -0.384. The van der Waals surface area contributed by atoms with E-state index in [-0.39, 0.29) is 5.69 Å². The summed E-state index contributed by atoms with van der Waals surface area (Å²) in [5, 5.41) is 14.7. The van der Waals surface area contributed by atoms with Gasteiger partial charge in [-0.15, -0.1) is 0 Å². The van der Waals surface area contributed by atoms with Crippen LogP contribution in [0.2, 0.25) is 0 Å². The van der Waals surface area contributed by atoms with Gasteiger partial charge in [0.15, 0.2) is 0 Å². The van der Waals surface area contributed by atoms with Gasteiger partial charge >= 0.3 is 6.18 Å². The van der Waals surface area contributed by atoms with Crippen molar-refractivity contribution in [2.75, 3.05) is 5.43 Å². The van der Waals surface area contributed by atoms with Gasteiger partial charge in [0.25, 0.3) is 5.69 Å². The minimum absolute atomic E-state index is 0.127. The Morgan fingerprint density at radius 2 is 1.83 bits per heavy atom. The first-order valence-electron chi connectivity index (χ1n) is 6.74. The van der Waals surface area contributed by atoms with Crippen LogP contribution in [-0.4, -0.2) is 11.1 Å². The highest BCUT2D eigenvalue weighted by atomic mass is 19.4. The molecule has 5 nitrogen and oxygen atoms in total. The fraction of sp³-hybridized carbons (Fsp3) is 0.0625. The predicted octanol–water partition coefficient (Wildman–Crippen LogP) is 4.72. The highest BCUT2D eigenvalue weighted by Gasteiger charge is 2.32. The molecule has 24 heavy (non-hydrogen) atoms. The molecule has 0 saturated carbocycles. The minimum atomic E-state index is -4.65. The smallest absolute Gasteiger partial charge is 0.272 e. The molecule has 2 rings (SSSR count). The number of nitrogens with one attached hydrogen (secondary N) is 1. The first-order valence-corrected chi connectivity index (χ1v) is 6.74. The minimum Gasteiger partial charge on any atom is -0.272 e. The molecule has 0 radical (unpaired) electrons. The lowest BCUT2D eigenvalue weighted by Gasteiger charge is -2.08. The Hall–Kier alpha value is -3.16. The molecule has 0 saturated heterocycles. The lowest BCUT2D eigenvalue weighted by atomic mass is 10.1. The van der Waals surface area contributed by atoms with Crippen molar-refractivity contribution in [2.24, 2.45) is 5.10 Å². The van der Waals surface area contributed by atoms with Crippen LogP contribution in [0.25, 0.3) is 6.08 Å². The van der Waals surface area contributed by atoms with E-state index in [1.807, 2.05) is 30.3 Å². The summed E-state index contributed by atoms with van der Waals surface area (Å²) < 4.78 is 37.8. The molecular weight excluding hydrogens is 323 g/mol. The molecule has 0 fully saturated rings. The number of nitro groups is 1. The molecular formula is C16H12F3N3O2. The number of rotatable bonds is 5. The van der Waals surface area contributed by atoms with Gasteiger partial charge in [-0.1, -0.05) is 36.4 Å². The number of hydrogen-bond donors (Lipinski definition) is 1. The van der Waals surface area contributed by atoms with Gasteiger partial charge in [-0.25, -0.2) is 0 Å². The van der Waals surface area contributed by atoms with Gasteiger partial charge in [0.2, 0.25) is 0 Å². The van der Waals surface area contributed by atoms with Gasteiger partial charge < -0.3 is 0 Å². The Bertz CT molecular complexity index is 772. The van der Waals surface area contributed by atoms with E-state index in [0.29, 0.717) is 6.07 Å². The van der Waals surface area contributed by atoms with E-state index in [9.17, 15) is 23.3 Å². The van der Waals surface area contributed by atoms with Crippen LogP contribution >= 0.6 is 0 Å². The second-order valence-corrected chi connectivity index (χ2v) is 4.65. The molecule has 0 aromatic heterocycles. The van der Waals surface area contributed by atoms with Gasteiger partial charge in [-0.05, 0) is 23.8 Å². The number of nitro benzene ring substituents is 1. The van der Waals surface area contributed by atoms with Crippen molar-refractivity contribution in [1.29, 1.82) is 0 Å². The van der Waals surface area contributed by atoms with E-state index < -0.39 is 22.4 Å². The molecule has 0 atom stereocenters. The summed E-state index contributed by atoms with van der Waals surface area (Å²) in [5.74, 6) is 0. The van der Waals surface area contributed by atoms with Gasteiger partial charge in [0.05, 0.1) is 10.5 Å². The van der Waals surface area contributed by atoms with Crippen molar-refractivity contribution < 1.29 is 18.1 Å². The van der Waals surface area contributed by atoms with E-state index in [2.05, 4.69) is 10.5 Å². The first-order chi connectivity index (χ1) is 11.4. The molecule has 0 amide bonds. The summed E-state index contributed by atoms with van der Waals surface area (Å²) >= 11 is 0. The van der Waals surface area contributed by atoms with Crippen LogP contribution in [0.4, 0.5) is 24.5 Å². The normalized spacial score (nSPS) is 12.0. The van der Waals surface area contributed by atoms with Crippen molar-refractivity contribution in [1.82, 2.24) is 0 Å². The van der Waals surface area contributed by atoms with Crippen molar-refractivity contribution in [2.45, 2.75) is 6.18 Å². The van der Waals surface area contributed by atoms with Crippen LogP contribution in [0.3, 0.4) is 0 Å². The molecule has 2 aromatic carbocycles. The Balaban J connectivity index is 2.10. The van der Waals surface area contributed by atoms with Crippen LogP contribution in [0.1, 0.15) is 11.1 Å². The molecule has 1 N–H and O–H groups in total. The summed E-state index contributed by atoms with van der Waals surface area (Å²) in [7, 11) is 0. The average Bonchev–Trinajstić information content (AvgIpc) is 2.54. The van der Waals surface area contributed by atoms with E-state index >= 15 is 0 Å². The van der Waals surface area contributed by atoms with Gasteiger partial charge in [0.1, 0.15) is 5.69 Å². The first kappa shape index (κ1) is 17.2. The zero-order valence-electron chi connectivity index (χ0n) is 12.2. The van der Waals surface area contributed by atoms with Crippen LogP contribution in [-0.2, 0) is 6.18 Å². The third-order valence-corrected chi connectivity index (χ3v) is 2.96. The fourth-order valence-electron chi connectivity index (χ4n) is 1.82. The number of halogens is 3. The van der Waals surface area contributed by atoms with Gasteiger partial charge in [-0.3, -0.25) is 15.5 Å². The molecule has 0 aliphatic rings. The fourth-order valence-corrected chi connectivity index (χ4v) is 1.82. The van der Waals surface area contributed by atoms with Crippen molar-refractivity contribution >= 4 is 23.7 Å². The average molecular weight is 335 g/mol. The number of hydrogen-bond acceptors (Lipinski definition) is 4. The molecule has 0 bridgehead atoms. The van der Waals surface area contributed by atoms with Gasteiger partial charge in [0, 0.05) is 12.3 Å². The third-order valence-electron chi connectivity index (χ3n) is 2.96. The van der Waals surface area contributed by atoms with E-state index in [1.54, 1.807) is 12.2 Å². The van der Waals surface area contributed by atoms with Gasteiger partial charge in [-0.2, -0.15) is 18.3 Å². The maximum Gasteiger partial charge on any atom is 0.416 e. The molecule has 0 aliphatic heterocycles. The monoisotopic (exact) mass is 335 g/mol. The Labute approximate surface area is 135 Å². The molecule has 2 aromatic rings. The van der Waals surface area contributed by atoms with Crippen LogP contribution in [0.15, 0.2) is 59.7 Å². The maximum absolute atomic E-state index is 12.6. The number of anilines is 1. The van der Waals surface area contributed by atoms with E-state index in [4.69, 9.17) is 0 Å². The second kappa shape index (κ2) is 7.40. The second-order valence-electron chi connectivity index (χ2n) is 4.65. The van der Waals surface area contributed by atoms with Crippen LogP contribution in [0, 0.1) is 10.1 Å². The molecule has 0 unspecified atom stereocenters. The summed E-state index contributed by atoms with van der Waals surface area (Å²) in [6.45, 7) is 0. The van der Waals surface area contributed by atoms with Crippen LogP contribution < -0.4 is 5.43 Å². The Morgan fingerprint density at radius 1 is 1.12 bits per heavy atom. The predicted molar refractivity (Wildman–Crippen MR) is 85.7 cm³/mol. The summed E-state index contributed by atoms with van der Waals surface area (Å²) in [6, 6.07) is 11.5. The molecule has 8 heteroatoms. The maximum atomic E-state index is 12.6. The van der Waals surface area contributed by atoms with E-state index in [0.717, 1.165) is 17.7 Å². The zero-order chi connectivity index (χ0) is 17.6. The quantitative estimate of drug-likeness (QED) is 0.488. The number of alkyl halides is 3. The van der Waals surface area contributed by atoms with Crippen molar-refractivity contribution in [3.8, 4) is 0 Å². The molecule has 124 valence electrons. The summed E-state index contributed by atoms with van der Waals surface area (Å²) in [5.41, 5.74) is 1.39. The Kier molecular flexibility index (Phi) is 5.31. The number of benzene rings is 2. The molecule has 0 spiro atoms. The number of allylic oxidation sites excluding steroid dienone is 1. The number of hydrazone groups is 1. The largest absolute Gasteiger partial charge is 0.416 e. The summed E-state index contributed by atoms with van der Waals surface area (Å²) in [4.78, 5) is 10.0. The van der Waals surface area contributed by atoms with Crippen molar-refractivity contribution in [3.63, 3.8) is 0 Å². The highest BCUT2D eigenvalue weighted by Crippen LogP contribution is 2.34. The topological polar surface area (TPSA) is 67.5 Å². The zero-order valence-corrected chi connectivity index (χ0v) is 12.2. The van der Waals surface area contributed by atoms with Crippen LogP contribution in [0.5, 0.6) is 0 Å². The Morgan fingerprint density at radius 3 is 2.46 bits per heavy atom. The molecule has 0 aliphatic carbocycles. The number of nitrogens with zero attached hydrogens (tertiary/aromatic N) is 2. The summed E-state index contributed by atoms with van der Waals surface area (Å²) in [6.07, 6.45) is 0.0456. The standard InChI is InChI=1S/C16H12F3N3O2/c17-16(18,19)13-8-9-14(15(11-13)22(23)24)21-20-10-4-7-12-5-2-1-3-6-12/h1-11,21H/b7-4+,20-10+.